The fourth-order valence-electron chi connectivity index (χ4n) is 2.26. The molecule has 0 atom stereocenters. The molecule has 0 aliphatic carbocycles. The lowest BCUT2D eigenvalue weighted by Crippen LogP contribution is -2.43. The van der Waals surface area contributed by atoms with Crippen molar-refractivity contribution in [2.45, 2.75) is 57.9 Å². The van der Waals surface area contributed by atoms with Crippen molar-refractivity contribution in [3.8, 4) is 0 Å². The molecule has 0 saturated heterocycles. The first-order valence-electron chi connectivity index (χ1n) is 8.17. The summed E-state index contributed by atoms with van der Waals surface area (Å²) in [5.74, 6) is -0.335. The summed E-state index contributed by atoms with van der Waals surface area (Å²) >= 11 is 0. The van der Waals surface area contributed by atoms with E-state index in [0.29, 0.717) is 13.2 Å². The van der Waals surface area contributed by atoms with E-state index in [9.17, 15) is 4.79 Å². The van der Waals surface area contributed by atoms with E-state index in [1.54, 1.807) is 14.2 Å². The third-order valence-corrected chi connectivity index (χ3v) is 6.46. The van der Waals surface area contributed by atoms with Crippen molar-refractivity contribution >= 4 is 14.8 Å². The van der Waals surface area contributed by atoms with Crippen molar-refractivity contribution in [3.63, 3.8) is 0 Å². The molecule has 5 nitrogen and oxygen atoms in total. The fraction of sp³-hybridized carbons (Fsp3) is 0.812. The maximum absolute atomic E-state index is 10.8. The largest absolute Gasteiger partial charge is 0.500 e. The lowest BCUT2D eigenvalue weighted by Gasteiger charge is -2.25. The van der Waals surface area contributed by atoms with E-state index < -0.39 is 8.80 Å². The van der Waals surface area contributed by atoms with Gasteiger partial charge in [0.2, 0.25) is 0 Å². The Hall–Kier alpha value is -0.693. The van der Waals surface area contributed by atoms with E-state index in [1.807, 2.05) is 6.92 Å². The van der Waals surface area contributed by atoms with Gasteiger partial charge in [0.15, 0.2) is 0 Å². The van der Waals surface area contributed by atoms with E-state index in [0.717, 1.165) is 25.3 Å². The summed E-state index contributed by atoms with van der Waals surface area (Å²) < 4.78 is 21.5. The van der Waals surface area contributed by atoms with Gasteiger partial charge in [0.05, 0.1) is 6.61 Å². The van der Waals surface area contributed by atoms with E-state index >= 15 is 0 Å². The summed E-state index contributed by atoms with van der Waals surface area (Å²) in [5, 5.41) is 0. The number of unbranched alkanes of at least 4 members (excludes halogenated alkanes) is 6. The van der Waals surface area contributed by atoms with Crippen molar-refractivity contribution < 1.29 is 22.8 Å². The minimum absolute atomic E-state index is 0.335. The highest BCUT2D eigenvalue weighted by atomic mass is 28.4. The van der Waals surface area contributed by atoms with E-state index in [-0.39, 0.29) is 5.97 Å². The Labute approximate surface area is 136 Å². The molecule has 22 heavy (non-hydrogen) atoms. The number of carbonyl (C=O) groups is 1. The Bertz CT molecular complexity index is 292. The van der Waals surface area contributed by atoms with Gasteiger partial charge in [-0.2, -0.15) is 0 Å². The molecule has 0 spiro atoms. The van der Waals surface area contributed by atoms with Gasteiger partial charge in [0, 0.05) is 32.9 Å². The van der Waals surface area contributed by atoms with Gasteiger partial charge in [0.25, 0.3) is 0 Å². The van der Waals surface area contributed by atoms with Crippen molar-refractivity contribution in [2.24, 2.45) is 0 Å². The van der Waals surface area contributed by atoms with E-state index in [2.05, 4.69) is 6.58 Å². The highest BCUT2D eigenvalue weighted by Crippen LogP contribution is 2.19. The molecular formula is C16H32O5Si. The van der Waals surface area contributed by atoms with Crippen LogP contribution in [0.15, 0.2) is 12.7 Å². The monoisotopic (exact) mass is 332 g/mol. The smallest absolute Gasteiger partial charge is 0.463 e. The van der Waals surface area contributed by atoms with E-state index in [1.165, 1.54) is 31.8 Å². The van der Waals surface area contributed by atoms with Gasteiger partial charge < -0.3 is 18.0 Å². The van der Waals surface area contributed by atoms with Crippen molar-refractivity contribution in [1.29, 1.82) is 0 Å². The van der Waals surface area contributed by atoms with Crippen LogP contribution in [-0.2, 0) is 22.8 Å². The SMILES string of the molecule is C=CC(=O)OCCCCCCCCC[Si](OC)(OC)OCC. The molecule has 0 radical (unpaired) electrons. The number of carbonyl (C=O) groups excluding carboxylic acids is 1. The van der Waals surface area contributed by atoms with Gasteiger partial charge in [-0.25, -0.2) is 4.79 Å². The Balaban J connectivity index is 3.49. The standard InChI is InChI=1S/C16H32O5Si/c1-5-16(17)20-14-12-10-8-7-9-11-13-15-22(18-3,19-4)21-6-2/h5H,1,6-15H2,2-4H3. The summed E-state index contributed by atoms with van der Waals surface area (Å²) in [4.78, 5) is 10.8. The highest BCUT2D eigenvalue weighted by Gasteiger charge is 2.37. The lowest BCUT2D eigenvalue weighted by atomic mass is 10.1. The summed E-state index contributed by atoms with van der Waals surface area (Å²) in [6.07, 6.45) is 9.05. The van der Waals surface area contributed by atoms with Crippen LogP contribution in [0.3, 0.4) is 0 Å². The number of hydrogen-bond acceptors (Lipinski definition) is 5. The Morgan fingerprint density at radius 3 is 2.05 bits per heavy atom. The van der Waals surface area contributed by atoms with Crippen LogP contribution in [0.2, 0.25) is 6.04 Å². The first-order valence-corrected chi connectivity index (χ1v) is 10.1. The maximum Gasteiger partial charge on any atom is 0.500 e. The second-order valence-corrected chi connectivity index (χ2v) is 8.09. The molecule has 0 heterocycles. The van der Waals surface area contributed by atoms with Crippen LogP contribution in [-0.4, -0.2) is 42.2 Å². The zero-order chi connectivity index (χ0) is 16.7. The van der Waals surface area contributed by atoms with Crippen molar-refractivity contribution in [2.75, 3.05) is 27.4 Å². The fourth-order valence-corrected chi connectivity index (χ4v) is 4.33. The normalized spacial score (nSPS) is 11.4. The van der Waals surface area contributed by atoms with Gasteiger partial charge in [-0.15, -0.1) is 0 Å². The third-order valence-electron chi connectivity index (χ3n) is 3.52. The van der Waals surface area contributed by atoms with Crippen LogP contribution in [0.1, 0.15) is 51.9 Å². The summed E-state index contributed by atoms with van der Waals surface area (Å²) in [6.45, 7) is 6.45. The quantitative estimate of drug-likeness (QED) is 0.198. The molecule has 0 unspecified atom stereocenters. The second kappa shape index (κ2) is 13.9. The molecule has 0 bridgehead atoms. The van der Waals surface area contributed by atoms with Crippen LogP contribution in [0.4, 0.5) is 0 Å². The van der Waals surface area contributed by atoms with Gasteiger partial charge in [-0.1, -0.05) is 38.7 Å². The molecular weight excluding hydrogens is 300 g/mol. The maximum atomic E-state index is 10.8. The molecule has 0 N–H and O–H groups in total. The average molecular weight is 333 g/mol. The Morgan fingerprint density at radius 1 is 1.00 bits per heavy atom. The molecule has 0 rings (SSSR count). The van der Waals surface area contributed by atoms with E-state index in [4.69, 9.17) is 18.0 Å². The zero-order valence-electron chi connectivity index (χ0n) is 14.4. The van der Waals surface area contributed by atoms with Crippen molar-refractivity contribution in [1.82, 2.24) is 0 Å². The summed E-state index contributed by atoms with van der Waals surface area (Å²) in [6, 6.07) is 0.880. The van der Waals surface area contributed by atoms with Crippen LogP contribution in [0, 0.1) is 0 Å². The number of hydrogen-bond donors (Lipinski definition) is 0. The summed E-state index contributed by atoms with van der Waals surface area (Å²) in [5.41, 5.74) is 0. The molecule has 0 aromatic carbocycles. The molecule has 6 heteroatoms. The molecule has 0 aromatic heterocycles. The van der Waals surface area contributed by atoms with Gasteiger partial charge in [0.1, 0.15) is 0 Å². The molecule has 0 aromatic rings. The van der Waals surface area contributed by atoms with Crippen LogP contribution >= 0.6 is 0 Å². The van der Waals surface area contributed by atoms with Gasteiger partial charge in [-0.3, -0.25) is 0 Å². The van der Waals surface area contributed by atoms with Gasteiger partial charge in [-0.05, 0) is 19.8 Å². The molecule has 0 aliphatic rings. The predicted molar refractivity (Wildman–Crippen MR) is 89.7 cm³/mol. The first-order chi connectivity index (χ1) is 10.6. The topological polar surface area (TPSA) is 54.0 Å². The zero-order valence-corrected chi connectivity index (χ0v) is 15.4. The second-order valence-electron chi connectivity index (χ2n) is 5.12. The van der Waals surface area contributed by atoms with Crippen LogP contribution < -0.4 is 0 Å². The predicted octanol–water partition coefficient (Wildman–Crippen LogP) is 3.71. The van der Waals surface area contributed by atoms with Crippen LogP contribution in [0.5, 0.6) is 0 Å². The molecule has 0 amide bonds. The highest BCUT2D eigenvalue weighted by molar-refractivity contribution is 6.60. The van der Waals surface area contributed by atoms with Gasteiger partial charge >= 0.3 is 14.8 Å². The molecule has 130 valence electrons. The van der Waals surface area contributed by atoms with Crippen LogP contribution in [0.25, 0.3) is 0 Å². The number of esters is 1. The Kier molecular flexibility index (Phi) is 13.5. The minimum Gasteiger partial charge on any atom is -0.463 e. The average Bonchev–Trinajstić information content (AvgIpc) is 2.55. The number of ether oxygens (including phenoxy) is 1. The van der Waals surface area contributed by atoms with Crippen molar-refractivity contribution in [3.05, 3.63) is 12.7 Å². The lowest BCUT2D eigenvalue weighted by molar-refractivity contribution is -0.137. The summed E-state index contributed by atoms with van der Waals surface area (Å²) in [7, 11) is 0.942. The third kappa shape index (κ3) is 10.1. The molecule has 0 fully saturated rings. The number of rotatable bonds is 15. The minimum atomic E-state index is -2.40. The Morgan fingerprint density at radius 2 is 1.55 bits per heavy atom. The first kappa shape index (κ1) is 21.3. The molecule has 0 saturated carbocycles. The molecule has 0 aliphatic heterocycles.